The van der Waals surface area contributed by atoms with Crippen molar-refractivity contribution >= 4 is 35.8 Å². The van der Waals surface area contributed by atoms with Crippen molar-refractivity contribution in [2.45, 2.75) is 33.2 Å². The van der Waals surface area contributed by atoms with E-state index in [9.17, 15) is 0 Å². The minimum atomic E-state index is 0. The Kier molecular flexibility index (Phi) is 9.15. The largest absolute Gasteiger partial charge is 0.444 e. The van der Waals surface area contributed by atoms with Gasteiger partial charge < -0.3 is 19.5 Å². The first kappa shape index (κ1) is 24.8. The zero-order chi connectivity index (χ0) is 21.6. The van der Waals surface area contributed by atoms with Crippen LogP contribution in [0.25, 0.3) is 0 Å². The molecular weight excluding hydrogens is 517 g/mol. The lowest BCUT2D eigenvalue weighted by Crippen LogP contribution is -2.53. The van der Waals surface area contributed by atoms with Crippen LogP contribution in [0.2, 0.25) is 0 Å². The van der Waals surface area contributed by atoms with E-state index in [1.54, 1.807) is 0 Å². The Morgan fingerprint density at radius 3 is 2.47 bits per heavy atom. The van der Waals surface area contributed by atoms with Crippen LogP contribution in [0.15, 0.2) is 33.8 Å². The summed E-state index contributed by atoms with van der Waals surface area (Å²) < 4.78 is 5.75. The number of pyridine rings is 1. The summed E-state index contributed by atoms with van der Waals surface area (Å²) in [6.07, 6.45) is 4.24. The monoisotopic (exact) mass is 553 g/mol. The highest BCUT2D eigenvalue weighted by Crippen LogP contribution is 2.19. The fraction of sp³-hybridized carbons (Fsp3) is 0.609. The van der Waals surface area contributed by atoms with Crippen molar-refractivity contribution in [3.8, 4) is 0 Å². The van der Waals surface area contributed by atoms with Gasteiger partial charge in [-0.3, -0.25) is 9.89 Å². The first-order valence-electron chi connectivity index (χ1n) is 11.4. The molecule has 2 aliphatic rings. The van der Waals surface area contributed by atoms with Crippen LogP contribution in [-0.4, -0.2) is 78.6 Å². The smallest absolute Gasteiger partial charge is 0.208 e. The number of nitrogens with zero attached hydrogens (tertiary/aromatic N) is 6. The van der Waals surface area contributed by atoms with E-state index < -0.39 is 0 Å². The maximum Gasteiger partial charge on any atom is 0.208 e. The van der Waals surface area contributed by atoms with Crippen LogP contribution in [0.1, 0.15) is 30.2 Å². The van der Waals surface area contributed by atoms with Gasteiger partial charge in [0.2, 0.25) is 5.89 Å². The van der Waals surface area contributed by atoms with Crippen LogP contribution in [-0.2, 0) is 6.54 Å². The maximum atomic E-state index is 5.75. The van der Waals surface area contributed by atoms with Crippen LogP contribution >= 0.6 is 24.0 Å². The van der Waals surface area contributed by atoms with Gasteiger partial charge in [0.25, 0.3) is 0 Å². The van der Waals surface area contributed by atoms with Crippen molar-refractivity contribution in [1.82, 2.24) is 25.1 Å². The molecule has 0 bridgehead atoms. The van der Waals surface area contributed by atoms with Crippen LogP contribution in [0.3, 0.4) is 0 Å². The number of nitrogens with one attached hydrogen (secondary N) is 1. The summed E-state index contributed by atoms with van der Waals surface area (Å²) in [4.78, 5) is 20.7. The third-order valence-corrected chi connectivity index (χ3v) is 6.45. The molecule has 2 aliphatic heterocycles. The summed E-state index contributed by atoms with van der Waals surface area (Å²) in [7, 11) is 1.89. The summed E-state index contributed by atoms with van der Waals surface area (Å²) in [5, 5.41) is 3.63. The SMILES string of the molecule is CN=C(NCC1CCN(Cc2nc(C)c(C)o2)CC1)N1CCN(c2ccccn2)CC1.I. The molecule has 2 fully saturated rings. The second-order valence-electron chi connectivity index (χ2n) is 8.56. The van der Waals surface area contributed by atoms with E-state index in [0.717, 1.165) is 81.5 Å². The Bertz CT molecular complexity index is 837. The Morgan fingerprint density at radius 1 is 1.12 bits per heavy atom. The average molecular weight is 553 g/mol. The third kappa shape index (κ3) is 6.34. The highest BCUT2D eigenvalue weighted by atomic mass is 127. The van der Waals surface area contributed by atoms with Crippen molar-refractivity contribution in [2.24, 2.45) is 10.9 Å². The minimum absolute atomic E-state index is 0. The van der Waals surface area contributed by atoms with E-state index >= 15 is 0 Å². The van der Waals surface area contributed by atoms with Crippen LogP contribution in [0.5, 0.6) is 0 Å². The molecule has 0 radical (unpaired) electrons. The summed E-state index contributed by atoms with van der Waals surface area (Å²) in [6, 6.07) is 6.10. The molecule has 4 rings (SSSR count). The van der Waals surface area contributed by atoms with Gasteiger partial charge in [0.1, 0.15) is 11.6 Å². The Hall–Kier alpha value is -1.88. The van der Waals surface area contributed by atoms with E-state index in [4.69, 9.17) is 4.42 Å². The summed E-state index contributed by atoms with van der Waals surface area (Å²) in [5.41, 5.74) is 1.00. The number of guanidine groups is 1. The summed E-state index contributed by atoms with van der Waals surface area (Å²) in [5.74, 6) is 4.54. The van der Waals surface area contributed by atoms with E-state index in [-0.39, 0.29) is 24.0 Å². The number of oxazole rings is 1. The van der Waals surface area contributed by atoms with Gasteiger partial charge in [-0.25, -0.2) is 9.97 Å². The number of aliphatic imine (C=N–C) groups is 1. The molecule has 0 aromatic carbocycles. The van der Waals surface area contributed by atoms with Gasteiger partial charge in [0, 0.05) is 46.0 Å². The predicted molar refractivity (Wildman–Crippen MR) is 139 cm³/mol. The molecule has 2 aromatic rings. The van der Waals surface area contributed by atoms with Gasteiger partial charge >= 0.3 is 0 Å². The molecule has 0 spiro atoms. The number of aryl methyl sites for hydroxylation is 2. The van der Waals surface area contributed by atoms with Gasteiger partial charge in [-0.15, -0.1) is 24.0 Å². The topological polar surface area (TPSA) is 73.0 Å². The van der Waals surface area contributed by atoms with E-state index in [1.807, 2.05) is 39.2 Å². The van der Waals surface area contributed by atoms with Crippen molar-refractivity contribution < 1.29 is 4.42 Å². The fourth-order valence-electron chi connectivity index (χ4n) is 4.40. The van der Waals surface area contributed by atoms with Gasteiger partial charge in [-0.05, 0) is 57.8 Å². The number of piperazine rings is 1. The van der Waals surface area contributed by atoms with Crippen LogP contribution in [0, 0.1) is 19.8 Å². The lowest BCUT2D eigenvalue weighted by molar-refractivity contribution is 0.163. The van der Waals surface area contributed by atoms with Crippen molar-refractivity contribution in [1.29, 1.82) is 0 Å². The molecule has 0 amide bonds. The molecule has 1 N–H and O–H groups in total. The predicted octanol–water partition coefficient (Wildman–Crippen LogP) is 2.91. The standard InChI is InChI=1S/C23H35N7O.HI/c1-18-19(2)31-22(27-18)17-28-10-7-20(8-11-28)16-26-23(24-3)30-14-12-29(13-15-30)21-6-4-5-9-25-21;/h4-6,9,20H,7-8,10-17H2,1-3H3,(H,24,26);1H. The van der Waals surface area contributed by atoms with Gasteiger partial charge in [-0.1, -0.05) is 6.07 Å². The average Bonchev–Trinajstić information content (AvgIpc) is 3.13. The summed E-state index contributed by atoms with van der Waals surface area (Å²) in [6.45, 7) is 11.8. The van der Waals surface area contributed by atoms with E-state index in [0.29, 0.717) is 5.92 Å². The van der Waals surface area contributed by atoms with Gasteiger partial charge in [0.15, 0.2) is 5.96 Å². The number of halogens is 1. The molecule has 0 atom stereocenters. The van der Waals surface area contributed by atoms with Crippen molar-refractivity contribution in [3.63, 3.8) is 0 Å². The molecule has 2 saturated heterocycles. The van der Waals surface area contributed by atoms with E-state index in [1.165, 1.54) is 12.8 Å². The maximum absolute atomic E-state index is 5.75. The fourth-order valence-corrected chi connectivity index (χ4v) is 4.40. The molecule has 176 valence electrons. The molecule has 0 saturated carbocycles. The molecule has 4 heterocycles. The lowest BCUT2D eigenvalue weighted by Gasteiger charge is -2.38. The van der Waals surface area contributed by atoms with E-state index in [2.05, 4.69) is 41.0 Å². The zero-order valence-corrected chi connectivity index (χ0v) is 21.8. The second-order valence-corrected chi connectivity index (χ2v) is 8.56. The Morgan fingerprint density at radius 2 is 1.88 bits per heavy atom. The summed E-state index contributed by atoms with van der Waals surface area (Å²) >= 11 is 0. The second kappa shape index (κ2) is 11.8. The number of rotatable bonds is 5. The number of aromatic nitrogens is 2. The number of hydrogen-bond donors (Lipinski definition) is 1. The molecule has 0 unspecified atom stereocenters. The number of likely N-dealkylation sites (tertiary alicyclic amines) is 1. The Balaban J connectivity index is 0.00000289. The van der Waals surface area contributed by atoms with Gasteiger partial charge in [0.05, 0.1) is 12.2 Å². The number of piperidine rings is 1. The molecular formula is C23H36IN7O. The first-order chi connectivity index (χ1) is 15.1. The molecule has 2 aromatic heterocycles. The lowest BCUT2D eigenvalue weighted by atomic mass is 9.97. The van der Waals surface area contributed by atoms with Crippen molar-refractivity contribution in [2.75, 3.05) is 57.8 Å². The number of anilines is 1. The molecule has 0 aliphatic carbocycles. The molecule has 8 nitrogen and oxygen atoms in total. The Labute approximate surface area is 208 Å². The zero-order valence-electron chi connectivity index (χ0n) is 19.5. The first-order valence-corrected chi connectivity index (χ1v) is 11.4. The number of hydrogen-bond acceptors (Lipinski definition) is 6. The third-order valence-electron chi connectivity index (χ3n) is 6.45. The van der Waals surface area contributed by atoms with Crippen LogP contribution in [0.4, 0.5) is 5.82 Å². The highest BCUT2D eigenvalue weighted by Gasteiger charge is 2.23. The molecule has 32 heavy (non-hydrogen) atoms. The van der Waals surface area contributed by atoms with Crippen molar-refractivity contribution in [3.05, 3.63) is 41.7 Å². The quantitative estimate of drug-likeness (QED) is 0.347. The minimum Gasteiger partial charge on any atom is -0.444 e. The van der Waals surface area contributed by atoms with Gasteiger partial charge in [-0.2, -0.15) is 0 Å². The highest BCUT2D eigenvalue weighted by molar-refractivity contribution is 14.0. The van der Waals surface area contributed by atoms with Crippen LogP contribution < -0.4 is 10.2 Å². The molecule has 9 heteroatoms. The normalized spacial score (nSPS) is 18.5.